The van der Waals surface area contributed by atoms with Crippen LogP contribution in [-0.4, -0.2) is 20.9 Å². The highest BCUT2D eigenvalue weighted by Gasteiger charge is 2.24. The van der Waals surface area contributed by atoms with Crippen molar-refractivity contribution in [2.75, 3.05) is 0 Å². The number of benzene rings is 1. The van der Waals surface area contributed by atoms with Gasteiger partial charge < -0.3 is 14.4 Å². The molecule has 0 aliphatic carbocycles. The molecule has 5 heteroatoms. The van der Waals surface area contributed by atoms with Gasteiger partial charge in [0.15, 0.2) is 6.10 Å². The maximum atomic E-state index is 12.8. The molecule has 0 saturated heterocycles. The molecule has 1 aromatic carbocycles. The number of aliphatic hydroxyl groups is 1. The summed E-state index contributed by atoms with van der Waals surface area (Å²) in [6.07, 6.45) is 3.74. The van der Waals surface area contributed by atoms with Gasteiger partial charge in [-0.25, -0.2) is 0 Å². The number of carbonyl (C=O) groups excluding carboxylic acids is 1. The minimum Gasteiger partial charge on any atom is -0.467 e. The summed E-state index contributed by atoms with van der Waals surface area (Å²) >= 11 is 0. The van der Waals surface area contributed by atoms with E-state index < -0.39 is 6.10 Å². The van der Waals surface area contributed by atoms with E-state index in [1.54, 1.807) is 60.0 Å². The van der Waals surface area contributed by atoms with E-state index in [1.165, 1.54) is 0 Å². The highest BCUT2D eigenvalue weighted by molar-refractivity contribution is 5.82. The van der Waals surface area contributed by atoms with Crippen LogP contribution in [0.5, 0.6) is 0 Å². The average Bonchev–Trinajstić information content (AvgIpc) is 3.15. The molecule has 1 atom stereocenters. The van der Waals surface area contributed by atoms with Gasteiger partial charge in [0.2, 0.25) is 0 Å². The van der Waals surface area contributed by atoms with E-state index in [0.29, 0.717) is 17.9 Å². The third kappa shape index (κ3) is 3.88. The summed E-state index contributed by atoms with van der Waals surface area (Å²) in [5.41, 5.74) is 1.45. The van der Waals surface area contributed by atoms with E-state index in [4.69, 9.17) is 4.42 Å². The number of aliphatic hydroxyl groups excluding tert-OH is 1. The zero-order valence-electron chi connectivity index (χ0n) is 13.1. The molecule has 2 heterocycles. The Labute approximate surface area is 140 Å². The zero-order valence-corrected chi connectivity index (χ0v) is 13.1. The Hall–Kier alpha value is -2.92. The molecule has 5 nitrogen and oxygen atoms in total. The van der Waals surface area contributed by atoms with E-state index in [9.17, 15) is 9.90 Å². The fourth-order valence-electron chi connectivity index (χ4n) is 2.47. The second kappa shape index (κ2) is 7.57. The van der Waals surface area contributed by atoms with Crippen LogP contribution in [0.25, 0.3) is 0 Å². The smallest absolute Gasteiger partial charge is 0.256 e. The predicted octanol–water partition coefficient (Wildman–Crippen LogP) is 2.94. The van der Waals surface area contributed by atoms with Crippen LogP contribution in [0.1, 0.15) is 23.0 Å². The van der Waals surface area contributed by atoms with Crippen molar-refractivity contribution in [3.63, 3.8) is 0 Å². The Bertz CT molecular complexity index is 758. The normalized spacial score (nSPS) is 11.9. The number of pyridine rings is 1. The van der Waals surface area contributed by atoms with Gasteiger partial charge in [0.1, 0.15) is 5.76 Å². The lowest BCUT2D eigenvalue weighted by Crippen LogP contribution is -2.34. The number of aromatic nitrogens is 1. The predicted molar refractivity (Wildman–Crippen MR) is 88.6 cm³/mol. The number of furan rings is 1. The number of rotatable bonds is 6. The van der Waals surface area contributed by atoms with Crippen molar-refractivity contribution in [2.24, 2.45) is 0 Å². The van der Waals surface area contributed by atoms with Crippen LogP contribution in [0.3, 0.4) is 0 Å². The molecule has 0 spiro atoms. The molecular formula is C19H18N2O3. The van der Waals surface area contributed by atoms with Crippen molar-refractivity contribution < 1.29 is 14.3 Å². The van der Waals surface area contributed by atoms with Crippen LogP contribution in [0, 0.1) is 0 Å². The second-order valence-corrected chi connectivity index (χ2v) is 5.45. The largest absolute Gasteiger partial charge is 0.467 e. The molecule has 0 aliphatic heterocycles. The molecule has 1 N–H and O–H groups in total. The Balaban J connectivity index is 1.81. The summed E-state index contributed by atoms with van der Waals surface area (Å²) < 4.78 is 5.35. The first-order chi connectivity index (χ1) is 11.7. The van der Waals surface area contributed by atoms with Crippen molar-refractivity contribution in [3.05, 3.63) is 90.1 Å². The van der Waals surface area contributed by atoms with E-state index in [0.717, 1.165) is 5.56 Å². The van der Waals surface area contributed by atoms with Gasteiger partial charge in [-0.05, 0) is 29.3 Å². The summed E-state index contributed by atoms with van der Waals surface area (Å²) in [5.74, 6) is 0.286. The fourth-order valence-corrected chi connectivity index (χ4v) is 2.47. The molecule has 2 aromatic heterocycles. The van der Waals surface area contributed by atoms with Gasteiger partial charge in [0.05, 0.1) is 12.8 Å². The summed E-state index contributed by atoms with van der Waals surface area (Å²) in [6.45, 7) is 0.627. The summed E-state index contributed by atoms with van der Waals surface area (Å²) in [4.78, 5) is 18.4. The minimum atomic E-state index is -1.21. The van der Waals surface area contributed by atoms with Gasteiger partial charge in [-0.2, -0.15) is 0 Å². The molecule has 3 rings (SSSR count). The fraction of sp³-hybridized carbons (Fsp3) is 0.158. The third-order valence-corrected chi connectivity index (χ3v) is 3.68. The standard InChI is InChI=1S/C19H18N2O3/c22-18(16-7-2-1-3-8-16)19(23)21(14-17-9-5-11-24-17)13-15-6-4-10-20-12-15/h1-12,18,22H,13-14H2/t18-/m1/s1. The van der Waals surface area contributed by atoms with Crippen molar-refractivity contribution in [1.29, 1.82) is 0 Å². The van der Waals surface area contributed by atoms with Gasteiger partial charge in [0.25, 0.3) is 5.91 Å². The van der Waals surface area contributed by atoms with Crippen LogP contribution in [0.15, 0.2) is 77.7 Å². The quantitative estimate of drug-likeness (QED) is 0.758. The van der Waals surface area contributed by atoms with Gasteiger partial charge in [-0.15, -0.1) is 0 Å². The molecule has 0 fully saturated rings. The van der Waals surface area contributed by atoms with Crippen LogP contribution in [0.4, 0.5) is 0 Å². The lowest BCUT2D eigenvalue weighted by atomic mass is 10.1. The minimum absolute atomic E-state index is 0.282. The molecule has 122 valence electrons. The topological polar surface area (TPSA) is 66.6 Å². The second-order valence-electron chi connectivity index (χ2n) is 5.45. The first-order valence-corrected chi connectivity index (χ1v) is 7.67. The van der Waals surface area contributed by atoms with E-state index in [1.807, 2.05) is 18.2 Å². The van der Waals surface area contributed by atoms with Gasteiger partial charge in [-0.3, -0.25) is 9.78 Å². The molecule has 0 aliphatic rings. The van der Waals surface area contributed by atoms with Crippen molar-refractivity contribution in [3.8, 4) is 0 Å². The molecule has 3 aromatic rings. The Morgan fingerprint density at radius 3 is 2.58 bits per heavy atom. The molecule has 0 unspecified atom stereocenters. The SMILES string of the molecule is O=C([C@H](O)c1ccccc1)N(Cc1cccnc1)Cc1ccco1. The molecule has 0 bridgehead atoms. The molecular weight excluding hydrogens is 304 g/mol. The van der Waals surface area contributed by atoms with E-state index in [2.05, 4.69) is 4.98 Å². The van der Waals surface area contributed by atoms with Crippen molar-refractivity contribution in [1.82, 2.24) is 9.88 Å². The summed E-state index contributed by atoms with van der Waals surface area (Å²) in [7, 11) is 0. The lowest BCUT2D eigenvalue weighted by Gasteiger charge is -2.24. The molecule has 24 heavy (non-hydrogen) atoms. The van der Waals surface area contributed by atoms with E-state index >= 15 is 0 Å². The van der Waals surface area contributed by atoms with Crippen LogP contribution in [-0.2, 0) is 17.9 Å². The summed E-state index contributed by atoms with van der Waals surface area (Å²) in [6, 6.07) is 16.2. The maximum absolute atomic E-state index is 12.8. The van der Waals surface area contributed by atoms with Crippen LogP contribution in [0.2, 0.25) is 0 Å². The van der Waals surface area contributed by atoms with Crippen LogP contribution >= 0.6 is 0 Å². The Morgan fingerprint density at radius 2 is 1.92 bits per heavy atom. The highest BCUT2D eigenvalue weighted by Crippen LogP contribution is 2.19. The zero-order chi connectivity index (χ0) is 16.8. The van der Waals surface area contributed by atoms with Crippen LogP contribution < -0.4 is 0 Å². The first kappa shape index (κ1) is 16.0. The maximum Gasteiger partial charge on any atom is 0.256 e. The summed E-state index contributed by atoms with van der Waals surface area (Å²) in [5, 5.41) is 10.4. The number of amides is 1. The van der Waals surface area contributed by atoms with Crippen molar-refractivity contribution >= 4 is 5.91 Å². The van der Waals surface area contributed by atoms with Gasteiger partial charge in [-0.1, -0.05) is 36.4 Å². The molecule has 0 radical (unpaired) electrons. The lowest BCUT2D eigenvalue weighted by molar-refractivity contribution is -0.142. The highest BCUT2D eigenvalue weighted by atomic mass is 16.3. The van der Waals surface area contributed by atoms with Gasteiger partial charge >= 0.3 is 0 Å². The van der Waals surface area contributed by atoms with Gasteiger partial charge in [0, 0.05) is 18.9 Å². The Kier molecular flexibility index (Phi) is 5.03. The number of carbonyl (C=O) groups is 1. The Morgan fingerprint density at radius 1 is 1.08 bits per heavy atom. The number of nitrogens with zero attached hydrogens (tertiary/aromatic N) is 2. The molecule has 0 saturated carbocycles. The number of hydrogen-bond acceptors (Lipinski definition) is 4. The number of hydrogen-bond donors (Lipinski definition) is 1. The van der Waals surface area contributed by atoms with Crippen molar-refractivity contribution in [2.45, 2.75) is 19.2 Å². The first-order valence-electron chi connectivity index (χ1n) is 7.67. The van der Waals surface area contributed by atoms with E-state index in [-0.39, 0.29) is 12.5 Å². The molecule has 1 amide bonds. The third-order valence-electron chi connectivity index (χ3n) is 3.68. The average molecular weight is 322 g/mol. The monoisotopic (exact) mass is 322 g/mol.